The van der Waals surface area contributed by atoms with Crippen LogP contribution in [0.1, 0.15) is 30.2 Å². The quantitative estimate of drug-likeness (QED) is 0.637. The number of furan rings is 1. The average Bonchev–Trinajstić information content (AvgIpc) is 2.93. The number of benzene rings is 1. The van der Waals surface area contributed by atoms with E-state index in [2.05, 4.69) is 12.2 Å². The monoisotopic (exact) mass is 288 g/mol. The predicted octanol–water partition coefficient (Wildman–Crippen LogP) is 4.24. The first-order chi connectivity index (χ1) is 9.97. The third-order valence-corrected chi connectivity index (χ3v) is 3.55. The Morgan fingerprint density at radius 2 is 2.10 bits per heavy atom. The second-order valence-corrected chi connectivity index (χ2v) is 5.37. The maximum absolute atomic E-state index is 10.9. The number of hydrogen-bond donors (Lipinski definition) is 1. The second-order valence-electron chi connectivity index (χ2n) is 5.37. The van der Waals surface area contributed by atoms with Crippen molar-refractivity contribution in [2.75, 3.05) is 5.32 Å². The van der Waals surface area contributed by atoms with Crippen molar-refractivity contribution >= 4 is 11.4 Å². The minimum absolute atomic E-state index is 0.168. The Balaban J connectivity index is 2.02. The van der Waals surface area contributed by atoms with Crippen LogP contribution in [-0.2, 0) is 6.42 Å². The first-order valence-electron chi connectivity index (χ1n) is 7.02. The highest BCUT2D eigenvalue weighted by Gasteiger charge is 2.14. The van der Waals surface area contributed by atoms with Gasteiger partial charge >= 0.3 is 0 Å². The molecule has 1 atom stereocenters. The normalized spacial score (nSPS) is 12.1. The predicted molar refractivity (Wildman–Crippen MR) is 82.7 cm³/mol. The summed E-state index contributed by atoms with van der Waals surface area (Å²) in [6.45, 7) is 5.74. The zero-order chi connectivity index (χ0) is 15.4. The summed E-state index contributed by atoms with van der Waals surface area (Å²) in [5.41, 5.74) is 2.68. The van der Waals surface area contributed by atoms with Crippen molar-refractivity contribution < 1.29 is 9.34 Å². The number of nitrogens with one attached hydrogen (secondary N) is 1. The number of rotatable bonds is 6. The van der Waals surface area contributed by atoms with Crippen LogP contribution in [0.15, 0.2) is 34.9 Å². The SMILES string of the molecule is Cc1cc([N+](=O)[O-])c(C)cc1NC(C)CCc1ccco1. The van der Waals surface area contributed by atoms with Crippen LogP contribution < -0.4 is 5.32 Å². The van der Waals surface area contributed by atoms with E-state index in [1.807, 2.05) is 25.1 Å². The van der Waals surface area contributed by atoms with Crippen LogP contribution in [0.5, 0.6) is 0 Å². The number of anilines is 1. The minimum Gasteiger partial charge on any atom is -0.469 e. The lowest BCUT2D eigenvalue weighted by Gasteiger charge is -2.17. The number of nitro benzene ring substituents is 1. The van der Waals surface area contributed by atoms with Gasteiger partial charge in [0, 0.05) is 29.8 Å². The number of nitro groups is 1. The van der Waals surface area contributed by atoms with Crippen LogP contribution in [0.4, 0.5) is 11.4 Å². The molecule has 21 heavy (non-hydrogen) atoms. The summed E-state index contributed by atoms with van der Waals surface area (Å²) in [5.74, 6) is 0.972. The smallest absolute Gasteiger partial charge is 0.272 e. The van der Waals surface area contributed by atoms with E-state index in [0.29, 0.717) is 5.56 Å². The molecule has 0 fully saturated rings. The fraction of sp³-hybridized carbons (Fsp3) is 0.375. The highest BCUT2D eigenvalue weighted by Crippen LogP contribution is 2.26. The van der Waals surface area contributed by atoms with Crippen molar-refractivity contribution in [1.29, 1.82) is 0 Å². The van der Waals surface area contributed by atoms with Gasteiger partial charge in [0.1, 0.15) is 5.76 Å². The molecule has 0 spiro atoms. The van der Waals surface area contributed by atoms with Gasteiger partial charge in [-0.25, -0.2) is 0 Å². The Morgan fingerprint density at radius 3 is 2.71 bits per heavy atom. The third kappa shape index (κ3) is 3.84. The van der Waals surface area contributed by atoms with Gasteiger partial charge < -0.3 is 9.73 Å². The van der Waals surface area contributed by atoms with Crippen LogP contribution in [-0.4, -0.2) is 11.0 Å². The Morgan fingerprint density at radius 1 is 1.33 bits per heavy atom. The van der Waals surface area contributed by atoms with Gasteiger partial charge in [0.25, 0.3) is 5.69 Å². The molecular weight excluding hydrogens is 268 g/mol. The molecule has 5 heteroatoms. The molecule has 0 aliphatic carbocycles. The molecule has 0 saturated heterocycles. The highest BCUT2D eigenvalue weighted by molar-refractivity contribution is 5.59. The number of aryl methyl sites for hydroxylation is 3. The number of hydrogen-bond acceptors (Lipinski definition) is 4. The van der Waals surface area contributed by atoms with Crippen molar-refractivity contribution in [2.24, 2.45) is 0 Å². The molecule has 1 N–H and O–H groups in total. The lowest BCUT2D eigenvalue weighted by atomic mass is 10.1. The third-order valence-electron chi connectivity index (χ3n) is 3.55. The van der Waals surface area contributed by atoms with Crippen LogP contribution in [0.25, 0.3) is 0 Å². The molecule has 2 rings (SSSR count). The molecule has 5 nitrogen and oxygen atoms in total. The van der Waals surface area contributed by atoms with Crippen molar-refractivity contribution in [3.05, 3.63) is 57.5 Å². The molecule has 112 valence electrons. The van der Waals surface area contributed by atoms with Crippen LogP contribution >= 0.6 is 0 Å². The van der Waals surface area contributed by atoms with E-state index < -0.39 is 0 Å². The minimum atomic E-state index is -0.341. The molecule has 2 aromatic rings. The summed E-state index contributed by atoms with van der Waals surface area (Å²) in [6.07, 6.45) is 3.48. The van der Waals surface area contributed by atoms with E-state index in [1.165, 1.54) is 0 Å². The zero-order valence-electron chi connectivity index (χ0n) is 12.6. The van der Waals surface area contributed by atoms with Crippen LogP contribution in [0.3, 0.4) is 0 Å². The second kappa shape index (κ2) is 6.43. The van der Waals surface area contributed by atoms with E-state index in [0.717, 1.165) is 29.9 Å². The maximum Gasteiger partial charge on any atom is 0.272 e. The van der Waals surface area contributed by atoms with E-state index in [4.69, 9.17) is 4.42 Å². The first kappa shape index (κ1) is 15.1. The molecule has 1 heterocycles. The summed E-state index contributed by atoms with van der Waals surface area (Å²) >= 11 is 0. The van der Waals surface area contributed by atoms with Crippen molar-refractivity contribution in [3.63, 3.8) is 0 Å². The van der Waals surface area contributed by atoms with Crippen molar-refractivity contribution in [2.45, 2.75) is 39.7 Å². The Hall–Kier alpha value is -2.30. The maximum atomic E-state index is 10.9. The van der Waals surface area contributed by atoms with Gasteiger partial charge in [0.05, 0.1) is 11.2 Å². The van der Waals surface area contributed by atoms with Gasteiger partial charge in [0.15, 0.2) is 0 Å². The molecule has 1 unspecified atom stereocenters. The van der Waals surface area contributed by atoms with Gasteiger partial charge in [-0.1, -0.05) is 0 Å². The van der Waals surface area contributed by atoms with Gasteiger partial charge in [-0.15, -0.1) is 0 Å². The topological polar surface area (TPSA) is 68.3 Å². The summed E-state index contributed by atoms with van der Waals surface area (Å²) in [4.78, 5) is 10.6. The standard InChI is InChI=1S/C16H20N2O3/c1-11-10-16(18(19)20)12(2)9-15(11)17-13(3)6-7-14-5-4-8-21-14/h4-5,8-10,13,17H,6-7H2,1-3H3. The average molecular weight is 288 g/mol. The largest absolute Gasteiger partial charge is 0.469 e. The van der Waals surface area contributed by atoms with E-state index in [1.54, 1.807) is 19.3 Å². The molecule has 0 aliphatic heterocycles. The Kier molecular flexibility index (Phi) is 4.62. The molecule has 0 amide bonds. The molecule has 0 bridgehead atoms. The Labute approximate surface area is 124 Å². The van der Waals surface area contributed by atoms with Crippen molar-refractivity contribution in [3.8, 4) is 0 Å². The molecule has 0 aliphatic rings. The lowest BCUT2D eigenvalue weighted by Crippen LogP contribution is -2.17. The van der Waals surface area contributed by atoms with Gasteiger partial charge in [-0.2, -0.15) is 0 Å². The van der Waals surface area contributed by atoms with E-state index in [-0.39, 0.29) is 16.7 Å². The van der Waals surface area contributed by atoms with Crippen molar-refractivity contribution in [1.82, 2.24) is 0 Å². The zero-order valence-corrected chi connectivity index (χ0v) is 12.6. The Bertz CT molecular complexity index is 621. The lowest BCUT2D eigenvalue weighted by molar-refractivity contribution is -0.385. The fourth-order valence-corrected chi connectivity index (χ4v) is 2.30. The molecule has 1 aromatic heterocycles. The first-order valence-corrected chi connectivity index (χ1v) is 7.02. The number of nitrogens with zero attached hydrogens (tertiary/aromatic N) is 1. The molecule has 1 aromatic carbocycles. The van der Waals surface area contributed by atoms with Gasteiger partial charge in [-0.3, -0.25) is 10.1 Å². The summed E-state index contributed by atoms with van der Waals surface area (Å²) in [6, 6.07) is 7.58. The summed E-state index contributed by atoms with van der Waals surface area (Å²) in [7, 11) is 0. The van der Waals surface area contributed by atoms with Gasteiger partial charge in [-0.05, 0) is 51.0 Å². The van der Waals surface area contributed by atoms with E-state index in [9.17, 15) is 10.1 Å². The van der Waals surface area contributed by atoms with Gasteiger partial charge in [0.2, 0.25) is 0 Å². The summed E-state index contributed by atoms with van der Waals surface area (Å²) in [5, 5.41) is 14.3. The molecule has 0 saturated carbocycles. The molecular formula is C16H20N2O3. The van der Waals surface area contributed by atoms with Crippen LogP contribution in [0, 0.1) is 24.0 Å². The van der Waals surface area contributed by atoms with E-state index >= 15 is 0 Å². The summed E-state index contributed by atoms with van der Waals surface area (Å²) < 4.78 is 5.32. The highest BCUT2D eigenvalue weighted by atomic mass is 16.6. The van der Waals surface area contributed by atoms with Crippen LogP contribution in [0.2, 0.25) is 0 Å². The fourth-order valence-electron chi connectivity index (χ4n) is 2.30. The molecule has 0 radical (unpaired) electrons.